The molecule has 8 heteroatoms. The molecule has 1 N–H and O–H groups in total. The summed E-state index contributed by atoms with van der Waals surface area (Å²) in [4.78, 5) is 41.0. The summed E-state index contributed by atoms with van der Waals surface area (Å²) in [5.74, 6) is -0.791. The van der Waals surface area contributed by atoms with Crippen LogP contribution in [0.25, 0.3) is 0 Å². The molecule has 2 aliphatic heterocycles. The fourth-order valence-electron chi connectivity index (χ4n) is 4.03. The molecule has 2 saturated heterocycles. The van der Waals surface area contributed by atoms with Crippen LogP contribution < -0.4 is 5.32 Å². The van der Waals surface area contributed by atoms with Crippen LogP contribution in [-0.2, 0) is 22.6 Å². The van der Waals surface area contributed by atoms with Crippen LogP contribution in [0.1, 0.15) is 24.0 Å². The summed E-state index contributed by atoms with van der Waals surface area (Å²) in [5.41, 5.74) is 0.312. The Balaban J connectivity index is 1.40. The van der Waals surface area contributed by atoms with Crippen molar-refractivity contribution in [2.75, 3.05) is 13.1 Å². The van der Waals surface area contributed by atoms with Crippen molar-refractivity contribution in [3.8, 4) is 0 Å². The van der Waals surface area contributed by atoms with Gasteiger partial charge in [-0.1, -0.05) is 41.9 Å². The van der Waals surface area contributed by atoms with Crippen molar-refractivity contribution in [1.82, 2.24) is 15.1 Å². The molecule has 2 aromatic rings. The van der Waals surface area contributed by atoms with Gasteiger partial charge in [-0.25, -0.2) is 9.18 Å². The minimum absolute atomic E-state index is 0.101. The van der Waals surface area contributed by atoms with Gasteiger partial charge in [-0.3, -0.25) is 14.5 Å². The number of nitrogens with one attached hydrogen (secondary N) is 1. The number of carbonyl (C=O) groups excluding carboxylic acids is 3. The molecule has 0 aliphatic carbocycles. The Morgan fingerprint density at radius 1 is 1.10 bits per heavy atom. The third-order valence-corrected chi connectivity index (χ3v) is 6.12. The molecule has 30 heavy (non-hydrogen) atoms. The van der Waals surface area contributed by atoms with Gasteiger partial charge in [0.2, 0.25) is 5.91 Å². The van der Waals surface area contributed by atoms with Gasteiger partial charge in [0.1, 0.15) is 11.4 Å². The van der Waals surface area contributed by atoms with Crippen molar-refractivity contribution in [2.24, 2.45) is 0 Å². The van der Waals surface area contributed by atoms with Crippen LogP contribution in [-0.4, -0.2) is 46.3 Å². The number of urea groups is 1. The van der Waals surface area contributed by atoms with Gasteiger partial charge < -0.3 is 10.2 Å². The van der Waals surface area contributed by atoms with E-state index in [0.29, 0.717) is 42.1 Å². The van der Waals surface area contributed by atoms with Crippen LogP contribution in [0.5, 0.6) is 0 Å². The van der Waals surface area contributed by atoms with Crippen molar-refractivity contribution in [3.63, 3.8) is 0 Å². The van der Waals surface area contributed by atoms with Crippen LogP contribution in [0, 0.1) is 5.82 Å². The standard InChI is InChI=1S/C22H21ClFN3O3/c23-18-7-2-1-5-16(18)14-27-20(29)22(25-21(27)30)8-10-26(11-9-22)19(28)13-15-4-3-6-17(24)12-15/h1-7,12H,8-11,13-14H2,(H,25,30). The molecule has 0 aromatic heterocycles. The Morgan fingerprint density at radius 3 is 2.53 bits per heavy atom. The molecule has 2 aliphatic rings. The highest BCUT2D eigenvalue weighted by Crippen LogP contribution is 2.31. The van der Waals surface area contributed by atoms with Crippen molar-refractivity contribution in [2.45, 2.75) is 31.3 Å². The number of imide groups is 1. The highest BCUT2D eigenvalue weighted by atomic mass is 35.5. The molecule has 0 unspecified atom stereocenters. The Hall–Kier alpha value is -2.93. The predicted molar refractivity (Wildman–Crippen MR) is 109 cm³/mol. The first-order chi connectivity index (χ1) is 14.4. The lowest BCUT2D eigenvalue weighted by molar-refractivity contribution is -0.138. The van der Waals surface area contributed by atoms with E-state index in [-0.39, 0.29) is 30.6 Å². The minimum atomic E-state index is -0.992. The van der Waals surface area contributed by atoms with Crippen LogP contribution >= 0.6 is 11.6 Å². The third-order valence-electron chi connectivity index (χ3n) is 5.75. The van der Waals surface area contributed by atoms with E-state index in [1.165, 1.54) is 17.0 Å². The lowest BCUT2D eigenvalue weighted by Crippen LogP contribution is -2.56. The summed E-state index contributed by atoms with van der Waals surface area (Å²) >= 11 is 6.17. The number of benzene rings is 2. The average Bonchev–Trinajstić information content (AvgIpc) is 2.94. The molecule has 0 atom stereocenters. The SMILES string of the molecule is O=C(Cc1cccc(F)c1)N1CCC2(CC1)NC(=O)N(Cc1ccccc1Cl)C2=O. The molecule has 4 amide bonds. The van der Waals surface area contributed by atoms with Gasteiger partial charge in [-0.05, 0) is 42.2 Å². The van der Waals surface area contributed by atoms with Crippen LogP contribution in [0.3, 0.4) is 0 Å². The maximum absolute atomic E-state index is 13.3. The molecule has 1 spiro atoms. The van der Waals surface area contributed by atoms with Gasteiger partial charge in [0.05, 0.1) is 13.0 Å². The second-order valence-electron chi connectivity index (χ2n) is 7.68. The number of nitrogens with zero attached hydrogens (tertiary/aromatic N) is 2. The van der Waals surface area contributed by atoms with E-state index in [2.05, 4.69) is 5.32 Å². The summed E-state index contributed by atoms with van der Waals surface area (Å²) in [6, 6.07) is 12.6. The Bertz CT molecular complexity index is 1000. The molecular formula is C22H21ClFN3O3. The van der Waals surface area contributed by atoms with E-state index in [4.69, 9.17) is 11.6 Å². The molecule has 6 nitrogen and oxygen atoms in total. The van der Waals surface area contributed by atoms with E-state index >= 15 is 0 Å². The average molecular weight is 430 g/mol. The summed E-state index contributed by atoms with van der Waals surface area (Å²) < 4.78 is 13.3. The zero-order valence-electron chi connectivity index (χ0n) is 16.2. The molecule has 2 fully saturated rings. The van der Waals surface area contributed by atoms with Crippen molar-refractivity contribution < 1.29 is 18.8 Å². The van der Waals surface area contributed by atoms with Crippen molar-refractivity contribution in [1.29, 1.82) is 0 Å². The highest BCUT2D eigenvalue weighted by Gasteiger charge is 2.52. The van der Waals surface area contributed by atoms with Crippen molar-refractivity contribution in [3.05, 3.63) is 70.5 Å². The lowest BCUT2D eigenvalue weighted by Gasteiger charge is -2.37. The predicted octanol–water partition coefficient (Wildman–Crippen LogP) is 3.13. The van der Waals surface area contributed by atoms with Crippen LogP contribution in [0.2, 0.25) is 5.02 Å². The number of rotatable bonds is 4. The smallest absolute Gasteiger partial charge is 0.325 e. The number of piperidine rings is 1. The second kappa shape index (κ2) is 8.07. The van der Waals surface area contributed by atoms with Gasteiger partial charge in [0, 0.05) is 18.1 Å². The van der Waals surface area contributed by atoms with Crippen LogP contribution in [0.15, 0.2) is 48.5 Å². The molecule has 2 aromatic carbocycles. The Kier molecular flexibility index (Phi) is 5.47. The third kappa shape index (κ3) is 3.89. The van der Waals surface area contributed by atoms with E-state index in [9.17, 15) is 18.8 Å². The van der Waals surface area contributed by atoms with Gasteiger partial charge in [-0.2, -0.15) is 0 Å². The second-order valence-corrected chi connectivity index (χ2v) is 8.09. The number of halogens is 2. The monoisotopic (exact) mass is 429 g/mol. The molecule has 156 valence electrons. The van der Waals surface area contributed by atoms with E-state index in [0.717, 1.165) is 0 Å². The number of hydrogen-bond donors (Lipinski definition) is 1. The maximum atomic E-state index is 13.3. The number of likely N-dealkylation sites (tertiary alicyclic amines) is 1. The first-order valence-electron chi connectivity index (χ1n) is 9.78. The van der Waals surface area contributed by atoms with E-state index in [1.54, 1.807) is 41.3 Å². The van der Waals surface area contributed by atoms with Crippen molar-refractivity contribution >= 4 is 29.4 Å². The molecular weight excluding hydrogens is 409 g/mol. The molecule has 0 bridgehead atoms. The normalized spacial score (nSPS) is 18.1. The quantitative estimate of drug-likeness (QED) is 0.759. The van der Waals surface area contributed by atoms with Gasteiger partial charge in [0.25, 0.3) is 5.91 Å². The maximum Gasteiger partial charge on any atom is 0.325 e. The fraction of sp³-hybridized carbons (Fsp3) is 0.318. The molecule has 0 saturated carbocycles. The van der Waals surface area contributed by atoms with E-state index in [1.807, 2.05) is 0 Å². The largest absolute Gasteiger partial charge is 0.342 e. The summed E-state index contributed by atoms with van der Waals surface area (Å²) in [6.45, 7) is 0.800. The summed E-state index contributed by atoms with van der Waals surface area (Å²) in [6.07, 6.45) is 0.778. The Labute approximate surface area is 178 Å². The zero-order valence-corrected chi connectivity index (χ0v) is 17.0. The minimum Gasteiger partial charge on any atom is -0.342 e. The van der Waals surface area contributed by atoms with Gasteiger partial charge in [-0.15, -0.1) is 0 Å². The molecule has 4 rings (SSSR count). The number of carbonyl (C=O) groups is 3. The van der Waals surface area contributed by atoms with Crippen LogP contribution in [0.4, 0.5) is 9.18 Å². The molecule has 2 heterocycles. The number of amides is 4. The lowest BCUT2D eigenvalue weighted by atomic mass is 9.87. The zero-order chi connectivity index (χ0) is 21.3. The topological polar surface area (TPSA) is 69.7 Å². The fourth-order valence-corrected chi connectivity index (χ4v) is 4.22. The first-order valence-corrected chi connectivity index (χ1v) is 10.2. The van der Waals surface area contributed by atoms with Gasteiger partial charge in [0.15, 0.2) is 0 Å². The highest BCUT2D eigenvalue weighted by molar-refractivity contribution is 6.31. The molecule has 0 radical (unpaired) electrons. The summed E-state index contributed by atoms with van der Waals surface area (Å²) in [5, 5.41) is 3.33. The van der Waals surface area contributed by atoms with E-state index < -0.39 is 11.6 Å². The van der Waals surface area contributed by atoms with Gasteiger partial charge >= 0.3 is 6.03 Å². The number of hydrogen-bond acceptors (Lipinski definition) is 3. The Morgan fingerprint density at radius 2 is 1.83 bits per heavy atom. The first kappa shape index (κ1) is 20.3. The summed E-state index contributed by atoms with van der Waals surface area (Å²) in [7, 11) is 0.